The highest BCUT2D eigenvalue weighted by Gasteiger charge is 2.21. The van der Waals surface area contributed by atoms with Crippen LogP contribution in [0, 0.1) is 0 Å². The van der Waals surface area contributed by atoms with Crippen LogP contribution in [-0.4, -0.2) is 38.8 Å². The Hall–Kier alpha value is -3.21. The zero-order valence-corrected chi connectivity index (χ0v) is 15.2. The second-order valence-corrected chi connectivity index (χ2v) is 6.69. The molecule has 1 atom stereocenters. The predicted octanol–water partition coefficient (Wildman–Crippen LogP) is 3.23. The van der Waals surface area contributed by atoms with Gasteiger partial charge in [0.15, 0.2) is 11.5 Å². The van der Waals surface area contributed by atoms with Crippen molar-refractivity contribution in [3.8, 4) is 11.5 Å². The summed E-state index contributed by atoms with van der Waals surface area (Å²) in [5, 5.41) is 5.28. The Balaban J connectivity index is 1.31. The Morgan fingerprint density at radius 1 is 1.04 bits per heavy atom. The number of amides is 1. The quantitative estimate of drug-likeness (QED) is 0.757. The van der Waals surface area contributed by atoms with E-state index in [9.17, 15) is 4.79 Å². The number of carbonyl (C=O) groups excluding carboxylic acids is 1. The number of anilines is 1. The van der Waals surface area contributed by atoms with Crippen molar-refractivity contribution in [3.05, 3.63) is 66.7 Å². The van der Waals surface area contributed by atoms with Crippen LogP contribution in [-0.2, 0) is 4.79 Å². The van der Waals surface area contributed by atoms with Crippen molar-refractivity contribution in [1.29, 1.82) is 0 Å². The first-order chi connectivity index (χ1) is 13.2. The number of benzene rings is 3. The summed E-state index contributed by atoms with van der Waals surface area (Å²) < 4.78 is 11.5. The van der Waals surface area contributed by atoms with Crippen molar-refractivity contribution >= 4 is 22.4 Å². The van der Waals surface area contributed by atoms with Crippen LogP contribution in [0.3, 0.4) is 0 Å². The number of ether oxygens (including phenoxy) is 2. The zero-order valence-electron chi connectivity index (χ0n) is 15.2. The van der Waals surface area contributed by atoms with Crippen molar-refractivity contribution in [2.75, 3.05) is 31.6 Å². The highest BCUT2D eigenvalue weighted by atomic mass is 16.6. The summed E-state index contributed by atoms with van der Waals surface area (Å²) in [6.07, 6.45) is -0.185. The van der Waals surface area contributed by atoms with Crippen LogP contribution in [0.4, 0.5) is 5.69 Å². The molecule has 27 heavy (non-hydrogen) atoms. The van der Waals surface area contributed by atoms with Gasteiger partial charge in [-0.3, -0.25) is 4.79 Å². The van der Waals surface area contributed by atoms with E-state index in [0.717, 1.165) is 22.6 Å². The summed E-state index contributed by atoms with van der Waals surface area (Å²) in [5.74, 6) is 1.42. The summed E-state index contributed by atoms with van der Waals surface area (Å²) in [7, 11) is 1.92. The topological polar surface area (TPSA) is 50.8 Å². The van der Waals surface area contributed by atoms with E-state index in [1.54, 1.807) is 0 Å². The highest BCUT2D eigenvalue weighted by molar-refractivity contribution is 5.87. The van der Waals surface area contributed by atoms with Gasteiger partial charge in [0.2, 0.25) is 5.91 Å². The second-order valence-electron chi connectivity index (χ2n) is 6.69. The summed E-state index contributed by atoms with van der Waals surface area (Å²) >= 11 is 0. The van der Waals surface area contributed by atoms with E-state index in [4.69, 9.17) is 9.47 Å². The molecule has 0 fully saturated rings. The molecular weight excluding hydrogens is 340 g/mol. The van der Waals surface area contributed by atoms with Gasteiger partial charge >= 0.3 is 0 Å². The standard InChI is InChI=1S/C22H22N2O3/c1-24(18-11-10-16-6-2-3-7-17(16)12-18)14-22(25)23-13-19-15-26-20-8-4-5-9-21(20)27-19/h2-12,19H,13-15H2,1H3,(H,23,25)/t19-/m0/s1. The van der Waals surface area contributed by atoms with Crippen LogP contribution in [0.1, 0.15) is 0 Å². The first-order valence-electron chi connectivity index (χ1n) is 9.04. The second kappa shape index (κ2) is 7.58. The SMILES string of the molecule is CN(CC(=O)NC[C@H]1COc2ccccc2O1)c1ccc2ccccc2c1. The van der Waals surface area contributed by atoms with Gasteiger partial charge in [0, 0.05) is 12.7 Å². The minimum Gasteiger partial charge on any atom is -0.486 e. The number of para-hydroxylation sites is 2. The molecule has 0 aromatic heterocycles. The van der Waals surface area contributed by atoms with E-state index in [-0.39, 0.29) is 18.6 Å². The van der Waals surface area contributed by atoms with Crippen molar-refractivity contribution < 1.29 is 14.3 Å². The zero-order chi connectivity index (χ0) is 18.6. The first-order valence-corrected chi connectivity index (χ1v) is 9.04. The molecule has 1 amide bonds. The monoisotopic (exact) mass is 362 g/mol. The first kappa shape index (κ1) is 17.2. The van der Waals surface area contributed by atoms with Gasteiger partial charge in [0.05, 0.1) is 13.1 Å². The van der Waals surface area contributed by atoms with Crippen LogP contribution >= 0.6 is 0 Å². The average Bonchev–Trinajstić information content (AvgIpc) is 2.71. The van der Waals surface area contributed by atoms with Crippen LogP contribution in [0.5, 0.6) is 11.5 Å². The molecule has 0 aliphatic carbocycles. The molecule has 138 valence electrons. The summed E-state index contributed by atoms with van der Waals surface area (Å²) in [4.78, 5) is 14.3. The summed E-state index contributed by atoms with van der Waals surface area (Å²) in [5.41, 5.74) is 1.01. The number of nitrogens with one attached hydrogen (secondary N) is 1. The summed E-state index contributed by atoms with van der Waals surface area (Å²) in [6.45, 7) is 1.12. The third-order valence-electron chi connectivity index (χ3n) is 4.65. The number of hydrogen-bond acceptors (Lipinski definition) is 4. The van der Waals surface area contributed by atoms with Crippen LogP contribution in [0.2, 0.25) is 0 Å². The van der Waals surface area contributed by atoms with Crippen molar-refractivity contribution in [2.45, 2.75) is 6.10 Å². The lowest BCUT2D eigenvalue weighted by atomic mass is 10.1. The van der Waals surface area contributed by atoms with Crippen molar-refractivity contribution in [3.63, 3.8) is 0 Å². The molecule has 5 nitrogen and oxygen atoms in total. The van der Waals surface area contributed by atoms with Gasteiger partial charge in [-0.25, -0.2) is 0 Å². The number of hydrogen-bond donors (Lipinski definition) is 1. The molecule has 0 unspecified atom stereocenters. The van der Waals surface area contributed by atoms with Gasteiger partial charge in [-0.05, 0) is 35.0 Å². The maximum absolute atomic E-state index is 12.3. The number of likely N-dealkylation sites (N-methyl/N-ethyl adjacent to an activating group) is 1. The van der Waals surface area contributed by atoms with Crippen molar-refractivity contribution in [2.24, 2.45) is 0 Å². The molecule has 1 aliphatic heterocycles. The van der Waals surface area contributed by atoms with Crippen molar-refractivity contribution in [1.82, 2.24) is 5.32 Å². The lowest BCUT2D eigenvalue weighted by molar-refractivity contribution is -0.120. The highest BCUT2D eigenvalue weighted by Crippen LogP contribution is 2.30. The number of rotatable bonds is 5. The van der Waals surface area contributed by atoms with E-state index in [1.807, 2.05) is 54.4 Å². The average molecular weight is 362 g/mol. The van der Waals surface area contributed by atoms with Gasteiger partial charge < -0.3 is 19.7 Å². The maximum Gasteiger partial charge on any atom is 0.239 e. The molecule has 3 aromatic carbocycles. The van der Waals surface area contributed by atoms with Crippen LogP contribution < -0.4 is 19.7 Å². The molecule has 0 spiro atoms. The largest absolute Gasteiger partial charge is 0.486 e. The van der Waals surface area contributed by atoms with Crippen LogP contribution in [0.15, 0.2) is 66.7 Å². The molecule has 0 saturated carbocycles. The van der Waals surface area contributed by atoms with E-state index >= 15 is 0 Å². The van der Waals surface area contributed by atoms with Gasteiger partial charge in [-0.1, -0.05) is 42.5 Å². The fraction of sp³-hybridized carbons (Fsp3) is 0.227. The minimum absolute atomic E-state index is 0.0480. The van der Waals surface area contributed by atoms with E-state index < -0.39 is 0 Å². The molecule has 0 bridgehead atoms. The fourth-order valence-corrected chi connectivity index (χ4v) is 3.17. The number of fused-ring (bicyclic) bond motifs is 2. The third-order valence-corrected chi connectivity index (χ3v) is 4.65. The number of carbonyl (C=O) groups is 1. The molecule has 1 heterocycles. The Morgan fingerprint density at radius 2 is 1.78 bits per heavy atom. The van der Waals surface area contributed by atoms with E-state index in [1.165, 1.54) is 5.39 Å². The number of nitrogens with zero attached hydrogens (tertiary/aromatic N) is 1. The van der Waals surface area contributed by atoms with E-state index in [0.29, 0.717) is 13.2 Å². The molecule has 0 radical (unpaired) electrons. The summed E-state index contributed by atoms with van der Waals surface area (Å²) in [6, 6.07) is 22.0. The van der Waals surface area contributed by atoms with Gasteiger partial charge in [0.1, 0.15) is 12.7 Å². The lowest BCUT2D eigenvalue weighted by Crippen LogP contribution is -2.43. The Bertz CT molecular complexity index is 957. The molecular formula is C22H22N2O3. The van der Waals surface area contributed by atoms with Crippen LogP contribution in [0.25, 0.3) is 10.8 Å². The smallest absolute Gasteiger partial charge is 0.239 e. The predicted molar refractivity (Wildman–Crippen MR) is 107 cm³/mol. The van der Waals surface area contributed by atoms with Gasteiger partial charge in [0.25, 0.3) is 0 Å². The minimum atomic E-state index is -0.185. The molecule has 4 rings (SSSR count). The Morgan fingerprint density at radius 3 is 2.63 bits per heavy atom. The van der Waals surface area contributed by atoms with E-state index in [2.05, 4.69) is 29.6 Å². The molecule has 3 aromatic rings. The molecule has 1 N–H and O–H groups in total. The Kier molecular flexibility index (Phi) is 4.83. The normalized spacial score (nSPS) is 15.4. The molecule has 5 heteroatoms. The van der Waals surface area contributed by atoms with Gasteiger partial charge in [-0.15, -0.1) is 0 Å². The van der Waals surface area contributed by atoms with Gasteiger partial charge in [-0.2, -0.15) is 0 Å². The lowest BCUT2D eigenvalue weighted by Gasteiger charge is -2.27. The Labute approximate surface area is 158 Å². The maximum atomic E-state index is 12.3. The molecule has 1 aliphatic rings. The fourth-order valence-electron chi connectivity index (χ4n) is 3.17. The molecule has 0 saturated heterocycles. The third kappa shape index (κ3) is 3.97.